The third-order valence-electron chi connectivity index (χ3n) is 3.43. The largest absolute Gasteiger partial charge is 0.377 e. The smallest absolute Gasteiger partial charge is 0.214 e. The maximum Gasteiger partial charge on any atom is 0.214 e. The molecule has 7 heteroatoms. The van der Waals surface area contributed by atoms with Crippen molar-refractivity contribution in [1.29, 1.82) is 0 Å². The van der Waals surface area contributed by atoms with Gasteiger partial charge in [0.2, 0.25) is 10.0 Å². The minimum atomic E-state index is -3.17. The van der Waals surface area contributed by atoms with Gasteiger partial charge in [-0.15, -0.1) is 12.4 Å². The Kier molecular flexibility index (Phi) is 6.87. The van der Waals surface area contributed by atoms with E-state index in [9.17, 15) is 8.42 Å². The lowest BCUT2D eigenvalue weighted by Crippen LogP contribution is -2.37. The van der Waals surface area contributed by atoms with Crippen LogP contribution in [0, 0.1) is 5.92 Å². The summed E-state index contributed by atoms with van der Waals surface area (Å²) >= 11 is 0. The quantitative estimate of drug-likeness (QED) is 0.776. The highest BCUT2D eigenvalue weighted by molar-refractivity contribution is 7.89. The Morgan fingerprint density at radius 3 is 2.72 bits per heavy atom. The van der Waals surface area contributed by atoms with Gasteiger partial charge in [0.25, 0.3) is 0 Å². The summed E-state index contributed by atoms with van der Waals surface area (Å²) < 4.78 is 31.8. The molecule has 5 nitrogen and oxygen atoms in total. The Morgan fingerprint density at radius 2 is 2.11 bits per heavy atom. The molecule has 2 aliphatic rings. The molecule has 0 saturated carbocycles. The first-order chi connectivity index (χ1) is 8.16. The van der Waals surface area contributed by atoms with Crippen molar-refractivity contribution in [1.82, 2.24) is 10.0 Å². The van der Waals surface area contributed by atoms with Crippen LogP contribution in [0.4, 0.5) is 0 Å². The van der Waals surface area contributed by atoms with Crippen molar-refractivity contribution < 1.29 is 13.2 Å². The van der Waals surface area contributed by atoms with Crippen LogP contribution in [0.3, 0.4) is 0 Å². The molecule has 2 atom stereocenters. The lowest BCUT2D eigenvalue weighted by Gasteiger charge is -2.22. The molecule has 0 radical (unpaired) electrons. The molecule has 108 valence electrons. The van der Waals surface area contributed by atoms with Gasteiger partial charge in [-0.1, -0.05) is 0 Å². The SMILES string of the molecule is Cl.O=S(=O)(CC1CCCCO1)NCC1CCNC1. The fraction of sp³-hybridized carbons (Fsp3) is 1.00. The number of rotatable bonds is 5. The van der Waals surface area contributed by atoms with Crippen LogP contribution >= 0.6 is 12.4 Å². The third kappa shape index (κ3) is 5.40. The summed E-state index contributed by atoms with van der Waals surface area (Å²) in [6.45, 7) is 3.18. The highest BCUT2D eigenvalue weighted by Crippen LogP contribution is 2.14. The molecule has 0 aliphatic carbocycles. The van der Waals surface area contributed by atoms with Crippen molar-refractivity contribution in [3.05, 3.63) is 0 Å². The van der Waals surface area contributed by atoms with Crippen molar-refractivity contribution in [3.63, 3.8) is 0 Å². The maximum absolute atomic E-state index is 11.8. The second-order valence-electron chi connectivity index (χ2n) is 4.98. The molecule has 18 heavy (non-hydrogen) atoms. The van der Waals surface area contributed by atoms with Gasteiger partial charge >= 0.3 is 0 Å². The predicted octanol–water partition coefficient (Wildman–Crippen LogP) is 0.506. The van der Waals surface area contributed by atoms with E-state index in [0.717, 1.165) is 38.8 Å². The summed E-state index contributed by atoms with van der Waals surface area (Å²) in [5.74, 6) is 0.560. The number of sulfonamides is 1. The molecule has 0 spiro atoms. The summed E-state index contributed by atoms with van der Waals surface area (Å²) in [6.07, 6.45) is 3.95. The molecule has 2 rings (SSSR count). The van der Waals surface area contributed by atoms with Gasteiger partial charge in [-0.25, -0.2) is 13.1 Å². The Bertz CT molecular complexity index is 325. The first kappa shape index (κ1) is 16.2. The average Bonchev–Trinajstić information content (AvgIpc) is 2.80. The minimum Gasteiger partial charge on any atom is -0.377 e. The topological polar surface area (TPSA) is 67.4 Å². The van der Waals surface area contributed by atoms with Gasteiger partial charge < -0.3 is 10.1 Å². The van der Waals surface area contributed by atoms with Crippen molar-refractivity contribution in [2.75, 3.05) is 32.0 Å². The van der Waals surface area contributed by atoms with Crippen LogP contribution < -0.4 is 10.0 Å². The standard InChI is InChI=1S/C11H22N2O3S.ClH/c14-17(15,9-11-3-1-2-6-16-11)13-8-10-4-5-12-7-10;/h10-13H,1-9H2;1H. The highest BCUT2D eigenvalue weighted by atomic mass is 35.5. The molecular weight excluding hydrogens is 276 g/mol. The number of hydrogen-bond donors (Lipinski definition) is 2. The molecule has 2 saturated heterocycles. The molecule has 0 amide bonds. The van der Waals surface area contributed by atoms with Crippen LogP contribution in [0.5, 0.6) is 0 Å². The van der Waals surface area contributed by atoms with Gasteiger partial charge in [-0.05, 0) is 44.7 Å². The van der Waals surface area contributed by atoms with Crippen LogP contribution in [0.1, 0.15) is 25.7 Å². The van der Waals surface area contributed by atoms with Gasteiger partial charge in [0.05, 0.1) is 11.9 Å². The Morgan fingerprint density at radius 1 is 1.28 bits per heavy atom. The van der Waals surface area contributed by atoms with Crippen LogP contribution in [-0.2, 0) is 14.8 Å². The van der Waals surface area contributed by atoms with E-state index >= 15 is 0 Å². The zero-order valence-corrected chi connectivity index (χ0v) is 12.2. The molecule has 2 N–H and O–H groups in total. The van der Waals surface area contributed by atoms with Crippen LogP contribution in [-0.4, -0.2) is 46.5 Å². The van der Waals surface area contributed by atoms with E-state index in [4.69, 9.17) is 4.74 Å². The van der Waals surface area contributed by atoms with Gasteiger partial charge in [-0.3, -0.25) is 0 Å². The van der Waals surface area contributed by atoms with Gasteiger partial charge in [0.15, 0.2) is 0 Å². The summed E-state index contributed by atoms with van der Waals surface area (Å²) in [5, 5.41) is 3.23. The maximum atomic E-state index is 11.8. The van der Waals surface area contributed by atoms with Gasteiger partial charge in [0, 0.05) is 13.2 Å². The molecule has 2 fully saturated rings. The molecule has 0 aromatic heterocycles. The lowest BCUT2D eigenvalue weighted by atomic mass is 10.1. The first-order valence-corrected chi connectivity index (χ1v) is 8.10. The zero-order chi connectivity index (χ0) is 12.1. The molecule has 0 aromatic carbocycles. The van der Waals surface area contributed by atoms with Crippen LogP contribution in [0.25, 0.3) is 0 Å². The summed E-state index contributed by atoms with van der Waals surface area (Å²) in [5.41, 5.74) is 0. The third-order valence-corrected chi connectivity index (χ3v) is 4.85. The summed E-state index contributed by atoms with van der Waals surface area (Å²) in [4.78, 5) is 0. The molecule has 2 unspecified atom stereocenters. The zero-order valence-electron chi connectivity index (χ0n) is 10.6. The van der Waals surface area contributed by atoms with Gasteiger partial charge in [0.1, 0.15) is 0 Å². The van der Waals surface area contributed by atoms with E-state index in [2.05, 4.69) is 10.0 Å². The van der Waals surface area contributed by atoms with Crippen molar-refractivity contribution in [2.45, 2.75) is 31.8 Å². The second-order valence-corrected chi connectivity index (χ2v) is 6.83. The van der Waals surface area contributed by atoms with E-state index in [0.29, 0.717) is 19.1 Å². The molecule has 0 bridgehead atoms. The fourth-order valence-corrected chi connectivity index (χ4v) is 3.74. The predicted molar refractivity (Wildman–Crippen MR) is 73.6 cm³/mol. The van der Waals surface area contributed by atoms with Crippen molar-refractivity contribution in [2.24, 2.45) is 5.92 Å². The number of ether oxygens (including phenoxy) is 1. The summed E-state index contributed by atoms with van der Waals surface area (Å²) in [7, 11) is -3.17. The van der Waals surface area contributed by atoms with E-state index < -0.39 is 10.0 Å². The van der Waals surface area contributed by atoms with Gasteiger partial charge in [-0.2, -0.15) is 0 Å². The second kappa shape index (κ2) is 7.65. The average molecular weight is 299 g/mol. The number of nitrogens with one attached hydrogen (secondary N) is 2. The Balaban J connectivity index is 0.00000162. The van der Waals surface area contributed by atoms with E-state index in [-0.39, 0.29) is 24.3 Å². The van der Waals surface area contributed by atoms with Crippen molar-refractivity contribution >= 4 is 22.4 Å². The Labute approximate surface area is 116 Å². The monoisotopic (exact) mass is 298 g/mol. The fourth-order valence-electron chi connectivity index (χ4n) is 2.38. The molecule has 0 aromatic rings. The van der Waals surface area contributed by atoms with E-state index in [1.807, 2.05) is 0 Å². The normalized spacial score (nSPS) is 28.9. The van der Waals surface area contributed by atoms with E-state index in [1.165, 1.54) is 0 Å². The molecule has 2 heterocycles. The van der Waals surface area contributed by atoms with Crippen molar-refractivity contribution in [3.8, 4) is 0 Å². The highest BCUT2D eigenvalue weighted by Gasteiger charge is 2.23. The van der Waals surface area contributed by atoms with Crippen LogP contribution in [0.2, 0.25) is 0 Å². The first-order valence-electron chi connectivity index (χ1n) is 6.45. The lowest BCUT2D eigenvalue weighted by molar-refractivity contribution is 0.0304. The minimum absolute atomic E-state index is 0. The van der Waals surface area contributed by atoms with Crippen LogP contribution in [0.15, 0.2) is 0 Å². The number of hydrogen-bond acceptors (Lipinski definition) is 4. The molecular formula is C11H23ClN2O3S. The number of halogens is 1. The Hall–Kier alpha value is 0.120. The van der Waals surface area contributed by atoms with E-state index in [1.54, 1.807) is 0 Å². The molecule has 2 aliphatic heterocycles. The summed E-state index contributed by atoms with van der Waals surface area (Å²) in [6, 6.07) is 0.